The molecule has 5 rings (SSSR count). The molecule has 0 saturated carbocycles. The van der Waals surface area contributed by atoms with Gasteiger partial charge in [-0.15, -0.1) is 0 Å². The zero-order chi connectivity index (χ0) is 24.6. The minimum absolute atomic E-state index is 0.0937. The van der Waals surface area contributed by atoms with E-state index in [-0.39, 0.29) is 17.7 Å². The SMILES string of the molecule is Cc1cc2c(F)c(Oc3ccnc(Cc4cccc(O[C@H]5CCN(S(C)(=O)=O)C5)c4)n3)ccc2[nH]1. The quantitative estimate of drug-likeness (QED) is 0.412. The summed E-state index contributed by atoms with van der Waals surface area (Å²) in [5.41, 5.74) is 2.50. The predicted molar refractivity (Wildman–Crippen MR) is 130 cm³/mol. The molecule has 10 heteroatoms. The molecule has 0 spiro atoms. The molecule has 0 unspecified atom stereocenters. The number of aromatic amines is 1. The minimum Gasteiger partial charge on any atom is -0.489 e. The Balaban J connectivity index is 1.27. The molecule has 35 heavy (non-hydrogen) atoms. The van der Waals surface area contributed by atoms with Crippen LogP contribution in [-0.4, -0.2) is 53.1 Å². The van der Waals surface area contributed by atoms with E-state index in [4.69, 9.17) is 9.47 Å². The third kappa shape index (κ3) is 5.28. The first-order valence-corrected chi connectivity index (χ1v) is 13.1. The molecular weight excluding hydrogens is 471 g/mol. The average molecular weight is 497 g/mol. The highest BCUT2D eigenvalue weighted by atomic mass is 32.2. The fraction of sp³-hybridized carbons (Fsp3) is 0.280. The fourth-order valence-corrected chi connectivity index (χ4v) is 5.07. The van der Waals surface area contributed by atoms with Crippen molar-refractivity contribution < 1.29 is 22.3 Å². The van der Waals surface area contributed by atoms with Crippen LogP contribution < -0.4 is 9.47 Å². The first-order valence-electron chi connectivity index (χ1n) is 11.2. The van der Waals surface area contributed by atoms with Crippen LogP contribution in [0.2, 0.25) is 0 Å². The Kier molecular flexibility index (Phi) is 6.16. The molecule has 3 heterocycles. The van der Waals surface area contributed by atoms with Gasteiger partial charge in [-0.25, -0.2) is 17.8 Å². The minimum atomic E-state index is -3.22. The van der Waals surface area contributed by atoms with Gasteiger partial charge in [0.15, 0.2) is 11.6 Å². The second kappa shape index (κ2) is 9.27. The number of hydrogen-bond donors (Lipinski definition) is 1. The summed E-state index contributed by atoms with van der Waals surface area (Å²) in [6.07, 6.45) is 3.66. The number of fused-ring (bicyclic) bond motifs is 1. The third-order valence-corrected chi connectivity index (χ3v) is 7.14. The number of hydrogen-bond acceptors (Lipinski definition) is 6. The highest BCUT2D eigenvalue weighted by molar-refractivity contribution is 7.88. The van der Waals surface area contributed by atoms with Gasteiger partial charge in [-0.2, -0.15) is 9.29 Å². The van der Waals surface area contributed by atoms with E-state index in [1.165, 1.54) is 10.6 Å². The van der Waals surface area contributed by atoms with Crippen molar-refractivity contribution >= 4 is 20.9 Å². The number of aromatic nitrogens is 3. The smallest absolute Gasteiger partial charge is 0.222 e. The summed E-state index contributed by atoms with van der Waals surface area (Å²) in [6.45, 7) is 2.67. The highest BCUT2D eigenvalue weighted by Crippen LogP contribution is 2.30. The van der Waals surface area contributed by atoms with Gasteiger partial charge in [-0.1, -0.05) is 12.1 Å². The number of sulfonamides is 1. The maximum atomic E-state index is 14.9. The third-order valence-electron chi connectivity index (χ3n) is 5.87. The number of ether oxygens (including phenoxy) is 2. The Bertz CT molecular complexity index is 1490. The van der Waals surface area contributed by atoms with Crippen molar-refractivity contribution in [2.45, 2.75) is 25.9 Å². The highest BCUT2D eigenvalue weighted by Gasteiger charge is 2.29. The van der Waals surface area contributed by atoms with Gasteiger partial charge in [0.05, 0.1) is 12.8 Å². The molecule has 8 nitrogen and oxygen atoms in total. The van der Waals surface area contributed by atoms with Crippen LogP contribution in [0.15, 0.2) is 54.7 Å². The molecule has 1 aliphatic heterocycles. The van der Waals surface area contributed by atoms with Gasteiger partial charge >= 0.3 is 0 Å². The van der Waals surface area contributed by atoms with Crippen molar-refractivity contribution in [1.82, 2.24) is 19.3 Å². The van der Waals surface area contributed by atoms with Crippen LogP contribution in [0.4, 0.5) is 4.39 Å². The maximum Gasteiger partial charge on any atom is 0.222 e. The number of aryl methyl sites for hydroxylation is 1. The molecule has 0 aliphatic carbocycles. The Morgan fingerprint density at radius 2 is 2.06 bits per heavy atom. The van der Waals surface area contributed by atoms with Gasteiger partial charge in [0.1, 0.15) is 17.7 Å². The van der Waals surface area contributed by atoms with Gasteiger partial charge in [0, 0.05) is 41.8 Å². The van der Waals surface area contributed by atoms with E-state index in [9.17, 15) is 12.8 Å². The van der Waals surface area contributed by atoms with Crippen molar-refractivity contribution in [3.63, 3.8) is 0 Å². The zero-order valence-corrected chi connectivity index (χ0v) is 20.2. The van der Waals surface area contributed by atoms with E-state index in [0.717, 1.165) is 11.3 Å². The number of rotatable bonds is 7. The van der Waals surface area contributed by atoms with Gasteiger partial charge in [-0.05, 0) is 49.2 Å². The number of benzene rings is 2. The van der Waals surface area contributed by atoms with Crippen LogP contribution in [0.25, 0.3) is 10.9 Å². The molecule has 182 valence electrons. The van der Waals surface area contributed by atoms with Crippen molar-refractivity contribution in [2.24, 2.45) is 0 Å². The monoisotopic (exact) mass is 496 g/mol. The summed E-state index contributed by atoms with van der Waals surface area (Å²) >= 11 is 0. The molecule has 0 bridgehead atoms. The van der Waals surface area contributed by atoms with Crippen molar-refractivity contribution in [2.75, 3.05) is 19.3 Å². The van der Waals surface area contributed by atoms with Gasteiger partial charge in [0.2, 0.25) is 15.9 Å². The first-order chi connectivity index (χ1) is 16.7. The van der Waals surface area contributed by atoms with E-state index in [1.807, 2.05) is 31.2 Å². The van der Waals surface area contributed by atoms with E-state index < -0.39 is 15.8 Å². The van der Waals surface area contributed by atoms with Gasteiger partial charge in [0.25, 0.3) is 0 Å². The lowest BCUT2D eigenvalue weighted by molar-refractivity contribution is 0.215. The van der Waals surface area contributed by atoms with Crippen LogP contribution in [0.3, 0.4) is 0 Å². The molecule has 0 radical (unpaired) electrons. The van der Waals surface area contributed by atoms with Crippen LogP contribution in [0.1, 0.15) is 23.5 Å². The summed E-state index contributed by atoms with van der Waals surface area (Å²) in [5.74, 6) is 1.07. The molecular formula is C25H25FN4O4S. The fourth-order valence-electron chi connectivity index (χ4n) is 4.20. The van der Waals surface area contributed by atoms with E-state index in [1.54, 1.807) is 30.5 Å². The van der Waals surface area contributed by atoms with E-state index in [0.29, 0.717) is 48.4 Å². The lowest BCUT2D eigenvalue weighted by Gasteiger charge is -2.15. The zero-order valence-electron chi connectivity index (χ0n) is 19.4. The lowest BCUT2D eigenvalue weighted by atomic mass is 10.1. The number of halogens is 1. The van der Waals surface area contributed by atoms with Crippen LogP contribution in [-0.2, 0) is 16.4 Å². The predicted octanol–water partition coefficient (Wildman–Crippen LogP) is 4.20. The van der Waals surface area contributed by atoms with Crippen LogP contribution in [0, 0.1) is 12.7 Å². The van der Waals surface area contributed by atoms with Crippen LogP contribution in [0.5, 0.6) is 17.4 Å². The number of nitrogens with zero attached hydrogens (tertiary/aromatic N) is 3. The molecule has 1 aliphatic rings. The maximum absolute atomic E-state index is 14.9. The topological polar surface area (TPSA) is 97.4 Å². The summed E-state index contributed by atoms with van der Waals surface area (Å²) in [7, 11) is -3.22. The largest absolute Gasteiger partial charge is 0.489 e. The first kappa shape index (κ1) is 23.3. The van der Waals surface area contributed by atoms with Crippen molar-refractivity contribution in [1.29, 1.82) is 0 Å². The Morgan fingerprint density at radius 1 is 1.20 bits per heavy atom. The lowest BCUT2D eigenvalue weighted by Crippen LogP contribution is -2.29. The number of nitrogens with one attached hydrogen (secondary N) is 1. The molecule has 0 amide bonds. The molecule has 1 N–H and O–H groups in total. The summed E-state index contributed by atoms with van der Waals surface area (Å²) in [6, 6.07) is 14.2. The normalized spacial score (nSPS) is 16.6. The molecule has 4 aromatic rings. The average Bonchev–Trinajstić information content (AvgIpc) is 3.43. The molecule has 2 aromatic carbocycles. The Morgan fingerprint density at radius 3 is 2.86 bits per heavy atom. The molecule has 1 atom stereocenters. The Labute approximate surface area is 202 Å². The van der Waals surface area contributed by atoms with E-state index in [2.05, 4.69) is 15.0 Å². The Hall–Kier alpha value is -3.50. The summed E-state index contributed by atoms with van der Waals surface area (Å²) in [5, 5.41) is 0.466. The molecule has 1 saturated heterocycles. The second-order valence-corrected chi connectivity index (χ2v) is 10.7. The van der Waals surface area contributed by atoms with Gasteiger partial charge in [-0.3, -0.25) is 0 Å². The standard InChI is InChI=1S/C25H25FN4O4S/c1-16-12-20-21(28-16)6-7-22(25(20)26)34-24-8-10-27-23(29-24)14-17-4-3-5-18(13-17)33-19-9-11-30(15-19)35(2,31)32/h3-8,10,12-13,19,28H,9,11,14-15H2,1-2H3/t19-/m0/s1. The number of H-pyrrole nitrogens is 1. The second-order valence-electron chi connectivity index (χ2n) is 8.68. The van der Waals surface area contributed by atoms with Crippen LogP contribution >= 0.6 is 0 Å². The van der Waals surface area contributed by atoms with Crippen molar-refractivity contribution in [3.8, 4) is 17.4 Å². The summed E-state index contributed by atoms with van der Waals surface area (Å²) < 4.78 is 51.5. The van der Waals surface area contributed by atoms with Crippen molar-refractivity contribution in [3.05, 3.63) is 77.6 Å². The molecule has 1 fully saturated rings. The van der Waals surface area contributed by atoms with Gasteiger partial charge < -0.3 is 14.5 Å². The summed E-state index contributed by atoms with van der Waals surface area (Å²) in [4.78, 5) is 11.9. The molecule has 2 aromatic heterocycles. The van der Waals surface area contributed by atoms with E-state index >= 15 is 0 Å².